The summed E-state index contributed by atoms with van der Waals surface area (Å²) in [7, 11) is 0. The van der Waals surface area contributed by atoms with E-state index in [1.54, 1.807) is 0 Å². The number of carboxylic acids is 1. The first-order chi connectivity index (χ1) is 5.56. The molecule has 0 fully saturated rings. The van der Waals surface area contributed by atoms with E-state index >= 15 is 0 Å². The molecule has 5 heteroatoms. The maximum absolute atomic E-state index is 9.06. The molecule has 0 saturated heterocycles. The highest BCUT2D eigenvalue weighted by molar-refractivity contribution is 5.63. The first-order valence-electron chi connectivity index (χ1n) is 2.80. The molecule has 68 valence electrons. The van der Waals surface area contributed by atoms with Gasteiger partial charge in [0.25, 0.3) is 5.97 Å². The van der Waals surface area contributed by atoms with E-state index < -0.39 is 5.97 Å². The summed E-state index contributed by atoms with van der Waals surface area (Å²) in [4.78, 5) is 18.1. The molecule has 5 nitrogen and oxygen atoms in total. The van der Waals surface area contributed by atoms with Gasteiger partial charge in [0.2, 0.25) is 0 Å². The largest absolute Gasteiger partial charge is 0.481 e. The van der Waals surface area contributed by atoms with Crippen LogP contribution in [0.1, 0.15) is 6.92 Å². The Balaban J connectivity index is -0.000000101. The molecule has 0 aliphatic rings. The maximum atomic E-state index is 9.06. The van der Waals surface area contributed by atoms with Crippen LogP contribution in [0.25, 0.3) is 0 Å². The van der Waals surface area contributed by atoms with Gasteiger partial charge in [0.1, 0.15) is 12.9 Å². The molecule has 0 amide bonds. The zero-order valence-electron chi connectivity index (χ0n) is 6.73. The van der Waals surface area contributed by atoms with Crippen LogP contribution in [0.4, 0.5) is 0 Å². The highest BCUT2D eigenvalue weighted by Gasteiger charge is 1.65. The van der Waals surface area contributed by atoms with E-state index in [1.165, 1.54) is 12.1 Å². The van der Waals surface area contributed by atoms with Crippen molar-refractivity contribution in [3.8, 4) is 6.07 Å². The average Bonchev–Trinajstić information content (AvgIpc) is 2.03. The van der Waals surface area contributed by atoms with Crippen molar-refractivity contribution in [3.05, 3.63) is 12.7 Å². The lowest BCUT2D eigenvalue weighted by Gasteiger charge is -1.59. The van der Waals surface area contributed by atoms with Crippen LogP contribution in [0.15, 0.2) is 12.7 Å². The number of aldehydes is 1. The molecule has 0 aliphatic carbocycles. The summed E-state index contributed by atoms with van der Waals surface area (Å²) in [5, 5.41) is 22.3. The van der Waals surface area contributed by atoms with Gasteiger partial charge in [0.15, 0.2) is 0 Å². The summed E-state index contributed by atoms with van der Waals surface area (Å²) in [5.74, 6) is -0.833. The Morgan fingerprint density at radius 1 is 1.75 bits per heavy atom. The SMILES string of the molecule is C=CC=O.CC(=O)O.N#CCO. The third-order valence-electron chi connectivity index (χ3n) is 0.167. The van der Waals surface area contributed by atoms with Crippen LogP contribution >= 0.6 is 0 Å². The van der Waals surface area contributed by atoms with Crippen molar-refractivity contribution < 1.29 is 19.8 Å². The number of nitriles is 1. The quantitative estimate of drug-likeness (QED) is 0.329. The highest BCUT2D eigenvalue weighted by atomic mass is 16.4. The van der Waals surface area contributed by atoms with Crippen molar-refractivity contribution in [3.63, 3.8) is 0 Å². The first kappa shape index (κ1) is 16.7. The zero-order chi connectivity index (χ0) is 10.4. The number of aliphatic hydroxyl groups is 1. The molecule has 2 N–H and O–H groups in total. The summed E-state index contributed by atoms with van der Waals surface area (Å²) < 4.78 is 0. The van der Waals surface area contributed by atoms with E-state index in [4.69, 9.17) is 25.1 Å². The van der Waals surface area contributed by atoms with Crippen molar-refractivity contribution >= 4 is 12.3 Å². The Kier molecular flexibility index (Phi) is 31.8. The monoisotopic (exact) mass is 173 g/mol. The summed E-state index contributed by atoms with van der Waals surface area (Å²) in [5.41, 5.74) is 0. The van der Waals surface area contributed by atoms with Crippen LogP contribution in [0.5, 0.6) is 0 Å². The Bertz CT molecular complexity index is 149. The molecule has 0 aromatic carbocycles. The fraction of sp³-hybridized carbons (Fsp3) is 0.286. The number of allylic oxidation sites excluding steroid dienone is 1. The fourth-order valence-electron chi connectivity index (χ4n) is 0. The van der Waals surface area contributed by atoms with Crippen molar-refractivity contribution in [2.75, 3.05) is 6.61 Å². The van der Waals surface area contributed by atoms with Crippen LogP contribution in [-0.4, -0.2) is 29.1 Å². The normalized spacial score (nSPS) is 5.42. The lowest BCUT2D eigenvalue weighted by atomic mass is 10.8. The number of rotatable bonds is 1. The van der Waals surface area contributed by atoms with Crippen molar-refractivity contribution in [2.24, 2.45) is 0 Å². The Labute approximate surface area is 70.6 Å². The average molecular weight is 173 g/mol. The molecule has 0 aromatic rings. The minimum atomic E-state index is -0.833. The second kappa shape index (κ2) is 22.8. The Morgan fingerprint density at radius 2 is 1.92 bits per heavy atom. The van der Waals surface area contributed by atoms with E-state index in [2.05, 4.69) is 6.58 Å². The van der Waals surface area contributed by atoms with E-state index in [9.17, 15) is 0 Å². The van der Waals surface area contributed by atoms with Gasteiger partial charge in [-0.3, -0.25) is 9.59 Å². The van der Waals surface area contributed by atoms with Gasteiger partial charge in [-0.1, -0.05) is 6.58 Å². The maximum Gasteiger partial charge on any atom is 0.300 e. The molecule has 0 radical (unpaired) electrons. The van der Waals surface area contributed by atoms with Gasteiger partial charge in [-0.25, -0.2) is 0 Å². The summed E-state index contributed by atoms with van der Waals surface area (Å²) in [6.45, 7) is 3.82. The van der Waals surface area contributed by atoms with E-state index in [0.29, 0.717) is 6.29 Å². The van der Waals surface area contributed by atoms with Crippen molar-refractivity contribution in [1.82, 2.24) is 0 Å². The van der Waals surface area contributed by atoms with Crippen LogP contribution in [0, 0.1) is 11.3 Å². The van der Waals surface area contributed by atoms with Crippen LogP contribution in [0.3, 0.4) is 0 Å². The van der Waals surface area contributed by atoms with Gasteiger partial charge in [-0.2, -0.15) is 5.26 Å². The summed E-state index contributed by atoms with van der Waals surface area (Å²) in [6, 6.07) is 1.49. The number of aliphatic hydroxyl groups excluding tert-OH is 1. The predicted octanol–water partition coefficient (Wildman–Crippen LogP) is -0.0355. The number of hydrogen-bond acceptors (Lipinski definition) is 4. The minimum Gasteiger partial charge on any atom is -0.481 e. The standard InChI is InChI=1S/C3H4O.C2H3NO.C2H4O2/c1-2-3-4;3-1-2-4;1-2(3)4/h2-3H,1H2;4H,2H2;1H3,(H,3,4). The minimum absolute atomic E-state index is 0.375. The second-order valence-electron chi connectivity index (χ2n) is 1.21. The van der Waals surface area contributed by atoms with Gasteiger partial charge in [-0.05, 0) is 6.08 Å². The van der Waals surface area contributed by atoms with Crippen molar-refractivity contribution in [1.29, 1.82) is 5.26 Å². The Morgan fingerprint density at radius 3 is 1.92 bits per heavy atom. The summed E-state index contributed by atoms with van der Waals surface area (Å²) >= 11 is 0. The molecule has 0 atom stereocenters. The molecule has 0 heterocycles. The molecule has 0 spiro atoms. The van der Waals surface area contributed by atoms with Gasteiger partial charge < -0.3 is 10.2 Å². The molecular weight excluding hydrogens is 162 g/mol. The van der Waals surface area contributed by atoms with Crippen LogP contribution in [0.2, 0.25) is 0 Å². The van der Waals surface area contributed by atoms with Crippen LogP contribution < -0.4 is 0 Å². The lowest BCUT2D eigenvalue weighted by Crippen LogP contribution is -1.78. The van der Waals surface area contributed by atoms with E-state index in [1.807, 2.05) is 0 Å². The molecule has 0 aliphatic heterocycles. The third kappa shape index (κ3) is 4110. The highest BCUT2D eigenvalue weighted by Crippen LogP contribution is 1.42. The van der Waals surface area contributed by atoms with Crippen molar-refractivity contribution in [2.45, 2.75) is 6.92 Å². The van der Waals surface area contributed by atoms with Gasteiger partial charge in [0, 0.05) is 6.92 Å². The number of carbonyl (C=O) groups is 2. The van der Waals surface area contributed by atoms with Crippen LogP contribution in [-0.2, 0) is 9.59 Å². The zero-order valence-corrected chi connectivity index (χ0v) is 6.73. The molecule has 0 rings (SSSR count). The number of nitrogens with zero attached hydrogens (tertiary/aromatic N) is 1. The van der Waals surface area contributed by atoms with E-state index in [-0.39, 0.29) is 6.61 Å². The number of aliphatic carboxylic acids is 1. The third-order valence-corrected chi connectivity index (χ3v) is 0.167. The first-order valence-corrected chi connectivity index (χ1v) is 2.80. The second-order valence-corrected chi connectivity index (χ2v) is 1.21. The predicted molar refractivity (Wildman–Crippen MR) is 42.3 cm³/mol. The number of hydrogen-bond donors (Lipinski definition) is 2. The molecule has 0 aromatic heterocycles. The summed E-state index contributed by atoms with van der Waals surface area (Å²) in [6.07, 6.45) is 1.83. The van der Waals surface area contributed by atoms with E-state index in [0.717, 1.165) is 6.92 Å². The lowest BCUT2D eigenvalue weighted by molar-refractivity contribution is -0.134. The van der Waals surface area contributed by atoms with Gasteiger partial charge in [0.05, 0.1) is 6.07 Å². The van der Waals surface area contributed by atoms with Gasteiger partial charge in [-0.15, -0.1) is 0 Å². The topological polar surface area (TPSA) is 98.4 Å². The fourth-order valence-corrected chi connectivity index (χ4v) is 0. The number of carbonyl (C=O) groups excluding carboxylic acids is 1. The number of carboxylic acid groups (broad SMARTS) is 1. The smallest absolute Gasteiger partial charge is 0.300 e. The van der Waals surface area contributed by atoms with Gasteiger partial charge >= 0.3 is 0 Å². The Hall–Kier alpha value is -1.67. The molecule has 0 saturated carbocycles. The molecule has 0 bridgehead atoms. The molecule has 0 unspecified atom stereocenters. The molecular formula is C7H11NO4. The molecule has 12 heavy (non-hydrogen) atoms.